The summed E-state index contributed by atoms with van der Waals surface area (Å²) in [6, 6.07) is 5.23. The predicted octanol–water partition coefficient (Wildman–Crippen LogP) is 2.44. The number of nitrogens with one attached hydrogen (secondary N) is 1. The Kier molecular flexibility index (Phi) is 2.13. The number of oxazole rings is 1. The Morgan fingerprint density at radius 1 is 1.57 bits per heavy atom. The largest absolute Gasteiger partial charge is 0.427 e. The van der Waals surface area contributed by atoms with Gasteiger partial charge in [0.15, 0.2) is 5.58 Å². The molecule has 0 radical (unpaired) electrons. The van der Waals surface area contributed by atoms with Gasteiger partial charge in [0.25, 0.3) is 5.35 Å². The fraction of sp³-hybridized carbons (Fsp3) is 0.111. The number of para-hydroxylation sites is 1. The van der Waals surface area contributed by atoms with Gasteiger partial charge in [0.1, 0.15) is 5.52 Å². The van der Waals surface area contributed by atoms with Crippen molar-refractivity contribution in [2.45, 2.75) is 6.92 Å². The zero-order valence-corrected chi connectivity index (χ0v) is 8.13. The minimum absolute atomic E-state index is 0.0674. The first-order valence-electron chi connectivity index (χ1n) is 3.99. The van der Waals surface area contributed by atoms with Crippen molar-refractivity contribution < 1.29 is 9.21 Å². The van der Waals surface area contributed by atoms with Crippen molar-refractivity contribution in [2.75, 3.05) is 5.32 Å². The summed E-state index contributed by atoms with van der Waals surface area (Å²) in [7, 11) is 0. The van der Waals surface area contributed by atoms with E-state index in [9.17, 15) is 4.79 Å². The van der Waals surface area contributed by atoms with E-state index in [1.165, 1.54) is 6.92 Å². The van der Waals surface area contributed by atoms with Gasteiger partial charge in [0, 0.05) is 6.92 Å². The standard InChI is InChI=1S/C9H7ClN2O2/c1-5(13)11-6-3-2-4-7-8(6)12-9(10)14-7/h2-4H,1H3,(H,11,13). The number of carbonyl (C=O) groups excluding carboxylic acids is 1. The molecule has 14 heavy (non-hydrogen) atoms. The Morgan fingerprint density at radius 2 is 2.36 bits per heavy atom. The number of benzene rings is 1. The molecular formula is C9H7ClN2O2. The van der Waals surface area contributed by atoms with Gasteiger partial charge in [0.2, 0.25) is 5.91 Å². The lowest BCUT2D eigenvalue weighted by Gasteiger charge is -2.00. The van der Waals surface area contributed by atoms with Gasteiger partial charge in [-0.15, -0.1) is 0 Å². The molecule has 1 aromatic heterocycles. The van der Waals surface area contributed by atoms with E-state index >= 15 is 0 Å². The van der Waals surface area contributed by atoms with Gasteiger partial charge in [-0.3, -0.25) is 4.79 Å². The molecule has 1 N–H and O–H groups in total. The molecule has 0 unspecified atom stereocenters. The number of anilines is 1. The summed E-state index contributed by atoms with van der Waals surface area (Å²) in [6.07, 6.45) is 0. The number of halogens is 1. The Morgan fingerprint density at radius 3 is 3.07 bits per heavy atom. The first-order valence-corrected chi connectivity index (χ1v) is 4.37. The molecule has 1 aromatic carbocycles. The Labute approximate surface area is 84.9 Å². The maximum atomic E-state index is 10.9. The molecule has 4 nitrogen and oxygen atoms in total. The summed E-state index contributed by atoms with van der Waals surface area (Å²) in [4.78, 5) is 14.8. The molecule has 0 fully saturated rings. The molecule has 2 aromatic rings. The van der Waals surface area contributed by atoms with Crippen molar-refractivity contribution in [2.24, 2.45) is 0 Å². The number of nitrogens with zero attached hydrogens (tertiary/aromatic N) is 1. The second-order valence-electron chi connectivity index (χ2n) is 2.80. The lowest BCUT2D eigenvalue weighted by atomic mass is 10.3. The number of amides is 1. The molecule has 0 saturated heterocycles. The zero-order valence-electron chi connectivity index (χ0n) is 7.37. The molecule has 0 aliphatic heterocycles. The molecule has 1 amide bonds. The van der Waals surface area contributed by atoms with E-state index in [-0.39, 0.29) is 11.3 Å². The first-order chi connectivity index (χ1) is 6.66. The third kappa shape index (κ3) is 1.56. The summed E-state index contributed by atoms with van der Waals surface area (Å²) in [5.74, 6) is -0.156. The number of aromatic nitrogens is 1. The van der Waals surface area contributed by atoms with E-state index in [1.54, 1.807) is 18.2 Å². The molecule has 0 aliphatic carbocycles. The highest BCUT2D eigenvalue weighted by molar-refractivity contribution is 6.28. The summed E-state index contributed by atoms with van der Waals surface area (Å²) >= 11 is 5.60. The van der Waals surface area contributed by atoms with E-state index in [2.05, 4.69) is 10.3 Å². The van der Waals surface area contributed by atoms with Gasteiger partial charge in [-0.1, -0.05) is 6.07 Å². The van der Waals surface area contributed by atoms with Crippen molar-refractivity contribution >= 4 is 34.3 Å². The van der Waals surface area contributed by atoms with Crippen LogP contribution in [0.25, 0.3) is 11.1 Å². The fourth-order valence-corrected chi connectivity index (χ4v) is 1.38. The second-order valence-corrected chi connectivity index (χ2v) is 3.12. The lowest BCUT2D eigenvalue weighted by Crippen LogP contribution is -2.05. The average molecular weight is 211 g/mol. The van der Waals surface area contributed by atoms with Crippen molar-refractivity contribution in [3.8, 4) is 0 Å². The Balaban J connectivity index is 2.58. The molecule has 0 aliphatic rings. The van der Waals surface area contributed by atoms with Crippen LogP contribution in [0.5, 0.6) is 0 Å². The van der Waals surface area contributed by atoms with Crippen LogP contribution in [0.15, 0.2) is 22.6 Å². The van der Waals surface area contributed by atoms with Crippen LogP contribution in [0.1, 0.15) is 6.92 Å². The van der Waals surface area contributed by atoms with Crippen LogP contribution in [0.2, 0.25) is 5.35 Å². The van der Waals surface area contributed by atoms with Gasteiger partial charge >= 0.3 is 0 Å². The monoisotopic (exact) mass is 210 g/mol. The Bertz CT molecular complexity index is 493. The maximum Gasteiger partial charge on any atom is 0.293 e. The molecule has 0 atom stereocenters. The number of rotatable bonds is 1. The van der Waals surface area contributed by atoms with Crippen LogP contribution in [0, 0.1) is 0 Å². The van der Waals surface area contributed by atoms with E-state index in [4.69, 9.17) is 16.0 Å². The van der Waals surface area contributed by atoms with E-state index in [0.29, 0.717) is 16.8 Å². The summed E-state index contributed by atoms with van der Waals surface area (Å²) in [6.45, 7) is 1.43. The highest BCUT2D eigenvalue weighted by Crippen LogP contribution is 2.25. The molecule has 0 spiro atoms. The summed E-state index contributed by atoms with van der Waals surface area (Å²) in [5.41, 5.74) is 1.72. The van der Waals surface area contributed by atoms with Crippen LogP contribution < -0.4 is 5.32 Å². The second kappa shape index (κ2) is 3.31. The van der Waals surface area contributed by atoms with Crippen molar-refractivity contribution in [1.82, 2.24) is 4.98 Å². The first kappa shape index (κ1) is 9.02. The van der Waals surface area contributed by atoms with Crippen LogP contribution in [-0.4, -0.2) is 10.9 Å². The quantitative estimate of drug-likeness (QED) is 0.787. The SMILES string of the molecule is CC(=O)Nc1cccc2oc(Cl)nc12. The van der Waals surface area contributed by atoms with Crippen LogP contribution in [-0.2, 0) is 4.79 Å². The third-order valence-corrected chi connectivity index (χ3v) is 1.87. The van der Waals surface area contributed by atoms with Crippen LogP contribution in [0.3, 0.4) is 0 Å². The smallest absolute Gasteiger partial charge is 0.293 e. The highest BCUT2D eigenvalue weighted by atomic mass is 35.5. The molecular weight excluding hydrogens is 204 g/mol. The number of fused-ring (bicyclic) bond motifs is 1. The van der Waals surface area contributed by atoms with Gasteiger partial charge in [-0.05, 0) is 23.7 Å². The summed E-state index contributed by atoms with van der Waals surface area (Å²) < 4.78 is 5.09. The van der Waals surface area contributed by atoms with E-state index in [1.807, 2.05) is 0 Å². The highest BCUT2D eigenvalue weighted by Gasteiger charge is 2.08. The molecule has 5 heteroatoms. The van der Waals surface area contributed by atoms with Gasteiger partial charge in [0.05, 0.1) is 5.69 Å². The van der Waals surface area contributed by atoms with E-state index in [0.717, 1.165) is 0 Å². The minimum atomic E-state index is -0.156. The molecule has 2 rings (SSSR count). The fourth-order valence-electron chi connectivity index (χ4n) is 1.21. The van der Waals surface area contributed by atoms with Gasteiger partial charge in [-0.2, -0.15) is 4.98 Å². The average Bonchev–Trinajstić information content (AvgIpc) is 2.45. The van der Waals surface area contributed by atoms with Gasteiger partial charge in [-0.25, -0.2) is 0 Å². The predicted molar refractivity (Wildman–Crippen MR) is 53.3 cm³/mol. The number of hydrogen-bond acceptors (Lipinski definition) is 3. The third-order valence-electron chi connectivity index (χ3n) is 1.70. The van der Waals surface area contributed by atoms with Crippen LogP contribution in [0.4, 0.5) is 5.69 Å². The Hall–Kier alpha value is -1.55. The molecule has 1 heterocycles. The van der Waals surface area contributed by atoms with Crippen molar-refractivity contribution in [1.29, 1.82) is 0 Å². The molecule has 0 bridgehead atoms. The zero-order chi connectivity index (χ0) is 10.1. The number of hydrogen-bond donors (Lipinski definition) is 1. The van der Waals surface area contributed by atoms with Crippen molar-refractivity contribution in [3.05, 3.63) is 23.5 Å². The normalized spacial score (nSPS) is 10.4. The van der Waals surface area contributed by atoms with Gasteiger partial charge < -0.3 is 9.73 Å². The topological polar surface area (TPSA) is 55.1 Å². The minimum Gasteiger partial charge on any atom is -0.427 e. The molecule has 72 valence electrons. The number of carbonyl (C=O) groups is 1. The van der Waals surface area contributed by atoms with E-state index < -0.39 is 0 Å². The summed E-state index contributed by atoms with van der Waals surface area (Å²) in [5, 5.41) is 2.71. The van der Waals surface area contributed by atoms with Crippen molar-refractivity contribution in [3.63, 3.8) is 0 Å². The molecule has 0 saturated carbocycles. The maximum absolute atomic E-state index is 10.9. The van der Waals surface area contributed by atoms with Crippen LogP contribution >= 0.6 is 11.6 Å². The lowest BCUT2D eigenvalue weighted by molar-refractivity contribution is -0.114.